The van der Waals surface area contributed by atoms with Crippen LogP contribution >= 0.6 is 0 Å². The third-order valence-corrected chi connectivity index (χ3v) is 4.51. The number of hydrogen-bond donors (Lipinski definition) is 0. The summed E-state index contributed by atoms with van der Waals surface area (Å²) in [6.07, 6.45) is 3.67. The van der Waals surface area contributed by atoms with Gasteiger partial charge in [-0.1, -0.05) is 19.9 Å². The highest BCUT2D eigenvalue weighted by Gasteiger charge is 2.29. The molecular weight excluding hydrogens is 316 g/mol. The molecule has 0 aromatic carbocycles. The minimum absolute atomic E-state index is 0.331. The molecule has 0 spiro atoms. The van der Waals surface area contributed by atoms with Gasteiger partial charge in [-0.15, -0.1) is 0 Å². The van der Waals surface area contributed by atoms with Crippen molar-refractivity contribution in [3.05, 3.63) is 41.6 Å². The lowest BCUT2D eigenvalue weighted by Gasteiger charge is -2.33. The van der Waals surface area contributed by atoms with Crippen molar-refractivity contribution in [2.75, 3.05) is 26.9 Å². The Labute approximate surface area is 149 Å². The Hall–Kier alpha value is -1.92. The molecule has 0 N–H and O–H groups in total. The second-order valence-corrected chi connectivity index (χ2v) is 7.16. The fraction of sp³-hybridized carbons (Fsp3) is 0.579. The average Bonchev–Trinajstić information content (AvgIpc) is 2.96. The second kappa shape index (κ2) is 7.97. The van der Waals surface area contributed by atoms with E-state index in [4.69, 9.17) is 9.47 Å². The van der Waals surface area contributed by atoms with Gasteiger partial charge in [0.1, 0.15) is 0 Å². The van der Waals surface area contributed by atoms with Crippen LogP contribution in [0.3, 0.4) is 0 Å². The summed E-state index contributed by atoms with van der Waals surface area (Å²) in [6, 6.07) is 4.03. The van der Waals surface area contributed by atoms with E-state index >= 15 is 0 Å². The van der Waals surface area contributed by atoms with Crippen LogP contribution in [0, 0.1) is 5.92 Å². The van der Waals surface area contributed by atoms with Gasteiger partial charge in [-0.2, -0.15) is 0 Å². The first kappa shape index (κ1) is 17.9. The van der Waals surface area contributed by atoms with Gasteiger partial charge in [0.25, 0.3) is 0 Å². The van der Waals surface area contributed by atoms with E-state index < -0.39 is 0 Å². The molecule has 136 valence electrons. The van der Waals surface area contributed by atoms with Gasteiger partial charge in [-0.25, -0.2) is 9.97 Å². The molecule has 2 aromatic rings. The van der Waals surface area contributed by atoms with Crippen LogP contribution in [-0.4, -0.2) is 46.3 Å². The number of imidazole rings is 1. The van der Waals surface area contributed by atoms with Crippen molar-refractivity contribution in [3.63, 3.8) is 0 Å². The number of ether oxygens (including phenoxy) is 2. The largest absolute Gasteiger partial charge is 0.481 e. The first-order valence-electron chi connectivity index (χ1n) is 8.86. The summed E-state index contributed by atoms with van der Waals surface area (Å²) >= 11 is 0. The van der Waals surface area contributed by atoms with Crippen LogP contribution in [0.15, 0.2) is 24.7 Å². The van der Waals surface area contributed by atoms with Crippen LogP contribution in [0.5, 0.6) is 5.88 Å². The molecule has 1 aliphatic rings. The maximum Gasteiger partial charge on any atom is 0.217 e. The number of methoxy groups -OCH3 is 1. The first-order valence-corrected chi connectivity index (χ1v) is 8.86. The standard InChI is InChI=1S/C19H28N4O2/c1-14(2)11-25-12-16-9-23(10-17-18(16)22(3)13-21-17)8-15-6-5-7-20-19(15)24-4/h5-7,13-14,16H,8-12H2,1-4H3. The smallest absolute Gasteiger partial charge is 0.217 e. The van der Waals surface area contributed by atoms with Crippen molar-refractivity contribution in [1.82, 2.24) is 19.4 Å². The summed E-state index contributed by atoms with van der Waals surface area (Å²) < 4.78 is 13.5. The van der Waals surface area contributed by atoms with Crippen molar-refractivity contribution in [1.29, 1.82) is 0 Å². The third-order valence-electron chi connectivity index (χ3n) is 4.51. The lowest BCUT2D eigenvalue weighted by Crippen LogP contribution is -2.36. The van der Waals surface area contributed by atoms with Crippen molar-refractivity contribution >= 4 is 0 Å². The Bertz CT molecular complexity index is 698. The van der Waals surface area contributed by atoms with Gasteiger partial charge < -0.3 is 14.0 Å². The molecule has 6 heteroatoms. The predicted molar refractivity (Wildman–Crippen MR) is 96.5 cm³/mol. The number of fused-ring (bicyclic) bond motifs is 1. The number of hydrogen-bond acceptors (Lipinski definition) is 5. The van der Waals surface area contributed by atoms with E-state index in [1.54, 1.807) is 13.3 Å². The van der Waals surface area contributed by atoms with E-state index in [1.165, 1.54) is 5.69 Å². The lowest BCUT2D eigenvalue weighted by molar-refractivity contribution is 0.0767. The van der Waals surface area contributed by atoms with Gasteiger partial charge in [-0.05, 0) is 12.0 Å². The Morgan fingerprint density at radius 3 is 2.92 bits per heavy atom. The van der Waals surface area contributed by atoms with Crippen molar-refractivity contribution in [2.24, 2.45) is 13.0 Å². The van der Waals surface area contributed by atoms with Gasteiger partial charge in [-0.3, -0.25) is 4.90 Å². The molecule has 0 saturated heterocycles. The highest BCUT2D eigenvalue weighted by molar-refractivity contribution is 5.27. The molecule has 0 aliphatic carbocycles. The number of aryl methyl sites for hydroxylation is 1. The Morgan fingerprint density at radius 1 is 1.32 bits per heavy atom. The molecule has 0 fully saturated rings. The maximum absolute atomic E-state index is 5.95. The molecule has 25 heavy (non-hydrogen) atoms. The number of aromatic nitrogens is 3. The summed E-state index contributed by atoms with van der Waals surface area (Å²) in [5.74, 6) is 1.57. The van der Waals surface area contributed by atoms with Crippen LogP contribution < -0.4 is 4.74 Å². The zero-order chi connectivity index (χ0) is 17.8. The predicted octanol–water partition coefficient (Wildman–Crippen LogP) is 2.60. The normalized spacial score (nSPS) is 17.7. The van der Waals surface area contributed by atoms with Gasteiger partial charge in [0.05, 0.1) is 25.7 Å². The fourth-order valence-corrected chi connectivity index (χ4v) is 3.48. The average molecular weight is 344 g/mol. The quantitative estimate of drug-likeness (QED) is 0.773. The van der Waals surface area contributed by atoms with E-state index in [9.17, 15) is 0 Å². The third kappa shape index (κ3) is 4.19. The van der Waals surface area contributed by atoms with Gasteiger partial charge in [0, 0.05) is 56.7 Å². The van der Waals surface area contributed by atoms with Crippen LogP contribution in [0.1, 0.15) is 36.7 Å². The van der Waals surface area contributed by atoms with Gasteiger partial charge in [0.15, 0.2) is 0 Å². The SMILES string of the molecule is COc1ncccc1CN1Cc2ncn(C)c2C(COCC(C)C)C1. The Morgan fingerprint density at radius 2 is 2.16 bits per heavy atom. The second-order valence-electron chi connectivity index (χ2n) is 7.16. The molecule has 0 radical (unpaired) electrons. The zero-order valence-corrected chi connectivity index (χ0v) is 15.6. The molecule has 0 bridgehead atoms. The Balaban J connectivity index is 1.74. The maximum atomic E-state index is 5.95. The molecule has 1 unspecified atom stereocenters. The Kier molecular flexibility index (Phi) is 5.71. The van der Waals surface area contributed by atoms with Crippen LogP contribution in [0.2, 0.25) is 0 Å². The highest BCUT2D eigenvalue weighted by Crippen LogP contribution is 2.29. The molecule has 0 amide bonds. The van der Waals surface area contributed by atoms with Crippen molar-refractivity contribution in [3.8, 4) is 5.88 Å². The van der Waals surface area contributed by atoms with Crippen LogP contribution in [-0.2, 0) is 24.9 Å². The number of rotatable bonds is 7. The molecule has 3 rings (SSSR count). The minimum atomic E-state index is 0.331. The van der Waals surface area contributed by atoms with Crippen molar-refractivity contribution < 1.29 is 9.47 Å². The van der Waals surface area contributed by atoms with Gasteiger partial charge >= 0.3 is 0 Å². The summed E-state index contributed by atoms with van der Waals surface area (Å²) in [6.45, 7) is 8.46. The van der Waals surface area contributed by atoms with E-state index in [0.717, 1.165) is 44.1 Å². The zero-order valence-electron chi connectivity index (χ0n) is 15.6. The number of pyridine rings is 1. The lowest BCUT2D eigenvalue weighted by atomic mass is 9.98. The molecule has 6 nitrogen and oxygen atoms in total. The molecule has 1 aliphatic heterocycles. The highest BCUT2D eigenvalue weighted by atomic mass is 16.5. The summed E-state index contributed by atoms with van der Waals surface area (Å²) in [4.78, 5) is 11.3. The summed E-state index contributed by atoms with van der Waals surface area (Å²) in [5.41, 5.74) is 3.55. The first-order chi connectivity index (χ1) is 12.1. The summed E-state index contributed by atoms with van der Waals surface area (Å²) in [7, 11) is 3.74. The van der Waals surface area contributed by atoms with E-state index in [0.29, 0.717) is 17.7 Å². The van der Waals surface area contributed by atoms with E-state index in [-0.39, 0.29) is 0 Å². The molecule has 0 saturated carbocycles. The number of nitrogens with zero attached hydrogens (tertiary/aromatic N) is 4. The molecule has 2 aromatic heterocycles. The topological polar surface area (TPSA) is 52.4 Å². The monoisotopic (exact) mass is 344 g/mol. The minimum Gasteiger partial charge on any atom is -0.481 e. The van der Waals surface area contributed by atoms with E-state index in [1.807, 2.05) is 12.4 Å². The molecular formula is C19H28N4O2. The molecule has 3 heterocycles. The van der Waals surface area contributed by atoms with Gasteiger partial charge in [0.2, 0.25) is 5.88 Å². The summed E-state index contributed by atoms with van der Waals surface area (Å²) in [5, 5.41) is 0. The molecule has 1 atom stereocenters. The van der Waals surface area contributed by atoms with Crippen molar-refractivity contribution in [2.45, 2.75) is 32.9 Å². The fourth-order valence-electron chi connectivity index (χ4n) is 3.48. The van der Waals surface area contributed by atoms with Crippen LogP contribution in [0.4, 0.5) is 0 Å². The van der Waals surface area contributed by atoms with E-state index in [2.05, 4.69) is 46.4 Å². The van der Waals surface area contributed by atoms with Crippen LogP contribution in [0.25, 0.3) is 0 Å².